The summed E-state index contributed by atoms with van der Waals surface area (Å²) in [6.07, 6.45) is 3.28. The summed E-state index contributed by atoms with van der Waals surface area (Å²) in [5, 5.41) is 17.8. The number of hydrogen-bond acceptors (Lipinski definition) is 3. The van der Waals surface area contributed by atoms with Crippen molar-refractivity contribution in [3.63, 3.8) is 0 Å². The number of halogens is 1. The van der Waals surface area contributed by atoms with Gasteiger partial charge in [0.05, 0.1) is 11.8 Å². The van der Waals surface area contributed by atoms with Crippen LogP contribution in [-0.4, -0.2) is 26.2 Å². The van der Waals surface area contributed by atoms with Crippen molar-refractivity contribution < 1.29 is 5.11 Å². The molecule has 88 valence electrons. The van der Waals surface area contributed by atoms with Gasteiger partial charge in [0.25, 0.3) is 0 Å². The standard InChI is InChI=1S/C11H16BrN3O/c1-11(2)5-7(4-8(16)6-11)9-10(12)13-14-15(9)3/h4,8,16H,5-6H2,1-3H3. The third-order valence-corrected chi connectivity index (χ3v) is 3.45. The van der Waals surface area contributed by atoms with E-state index in [1.54, 1.807) is 4.68 Å². The Balaban J connectivity index is 2.41. The second kappa shape index (κ2) is 3.96. The van der Waals surface area contributed by atoms with Gasteiger partial charge in [-0.1, -0.05) is 25.1 Å². The Labute approximate surface area is 103 Å². The predicted molar refractivity (Wildman–Crippen MR) is 65.7 cm³/mol. The fraction of sp³-hybridized carbons (Fsp3) is 0.636. The Bertz CT molecular complexity index is 417. The zero-order valence-electron chi connectivity index (χ0n) is 9.74. The molecule has 0 amide bonds. The zero-order valence-corrected chi connectivity index (χ0v) is 11.3. The molecule has 1 aromatic heterocycles. The Morgan fingerprint density at radius 3 is 2.75 bits per heavy atom. The van der Waals surface area contributed by atoms with Crippen LogP contribution in [0.1, 0.15) is 32.4 Å². The Morgan fingerprint density at radius 1 is 1.56 bits per heavy atom. The molecule has 1 unspecified atom stereocenters. The first kappa shape index (κ1) is 11.8. The zero-order chi connectivity index (χ0) is 11.9. The smallest absolute Gasteiger partial charge is 0.155 e. The average Bonchev–Trinajstić information content (AvgIpc) is 2.42. The predicted octanol–water partition coefficient (Wildman–Crippen LogP) is 2.14. The van der Waals surface area contributed by atoms with Crippen molar-refractivity contribution in [2.45, 2.75) is 32.8 Å². The quantitative estimate of drug-likeness (QED) is 0.860. The molecule has 0 spiro atoms. The molecule has 1 atom stereocenters. The maximum atomic E-state index is 9.85. The molecule has 0 aliphatic heterocycles. The first-order chi connectivity index (χ1) is 7.39. The van der Waals surface area contributed by atoms with Gasteiger partial charge >= 0.3 is 0 Å². The number of rotatable bonds is 1. The molecule has 1 N–H and O–H groups in total. The van der Waals surface area contributed by atoms with Crippen LogP contribution < -0.4 is 0 Å². The lowest BCUT2D eigenvalue weighted by molar-refractivity contribution is 0.146. The van der Waals surface area contributed by atoms with Gasteiger partial charge in [-0.2, -0.15) is 0 Å². The number of nitrogens with zero attached hydrogens (tertiary/aromatic N) is 3. The van der Waals surface area contributed by atoms with Crippen molar-refractivity contribution in [2.24, 2.45) is 12.5 Å². The Kier molecular flexibility index (Phi) is 2.92. The number of aryl methyl sites for hydroxylation is 1. The van der Waals surface area contributed by atoms with Crippen LogP contribution >= 0.6 is 15.9 Å². The lowest BCUT2D eigenvalue weighted by Crippen LogP contribution is -2.25. The molecule has 0 aromatic carbocycles. The molecule has 0 saturated heterocycles. The molecular formula is C11H16BrN3O. The van der Waals surface area contributed by atoms with Crippen molar-refractivity contribution in [1.29, 1.82) is 0 Å². The number of aliphatic hydroxyl groups is 1. The maximum absolute atomic E-state index is 9.85. The molecule has 0 fully saturated rings. The molecule has 16 heavy (non-hydrogen) atoms. The van der Waals surface area contributed by atoms with E-state index in [1.807, 2.05) is 13.1 Å². The van der Waals surface area contributed by atoms with Gasteiger partial charge in [-0.3, -0.25) is 0 Å². The number of aromatic nitrogens is 3. The fourth-order valence-corrected chi connectivity index (χ4v) is 2.92. The van der Waals surface area contributed by atoms with Crippen LogP contribution in [0.3, 0.4) is 0 Å². The minimum atomic E-state index is -0.374. The number of hydrogen-bond donors (Lipinski definition) is 1. The van der Waals surface area contributed by atoms with E-state index in [4.69, 9.17) is 0 Å². The molecule has 0 saturated carbocycles. The molecule has 0 radical (unpaired) electrons. The molecule has 1 aliphatic carbocycles. The highest BCUT2D eigenvalue weighted by molar-refractivity contribution is 9.10. The van der Waals surface area contributed by atoms with E-state index in [-0.39, 0.29) is 11.5 Å². The minimum Gasteiger partial charge on any atom is -0.389 e. The molecule has 5 heteroatoms. The second-order valence-electron chi connectivity index (χ2n) is 5.16. The third kappa shape index (κ3) is 2.20. The highest BCUT2D eigenvalue weighted by atomic mass is 79.9. The van der Waals surface area contributed by atoms with Crippen molar-refractivity contribution in [1.82, 2.24) is 15.0 Å². The summed E-state index contributed by atoms with van der Waals surface area (Å²) in [6.45, 7) is 4.34. The average molecular weight is 286 g/mol. The second-order valence-corrected chi connectivity index (χ2v) is 5.91. The van der Waals surface area contributed by atoms with Crippen molar-refractivity contribution in [3.05, 3.63) is 16.4 Å². The van der Waals surface area contributed by atoms with Gasteiger partial charge in [0.2, 0.25) is 0 Å². The minimum absolute atomic E-state index is 0.118. The van der Waals surface area contributed by atoms with Crippen LogP contribution in [-0.2, 0) is 7.05 Å². The number of aliphatic hydroxyl groups excluding tert-OH is 1. The first-order valence-corrected chi connectivity index (χ1v) is 6.13. The van der Waals surface area contributed by atoms with Gasteiger partial charge in [0.1, 0.15) is 0 Å². The summed E-state index contributed by atoms with van der Waals surface area (Å²) in [5.74, 6) is 0. The van der Waals surface area contributed by atoms with E-state index >= 15 is 0 Å². The monoisotopic (exact) mass is 285 g/mol. The summed E-state index contributed by atoms with van der Waals surface area (Å²) < 4.78 is 2.48. The van der Waals surface area contributed by atoms with Crippen molar-refractivity contribution >= 4 is 21.5 Å². The highest BCUT2D eigenvalue weighted by Crippen LogP contribution is 2.40. The van der Waals surface area contributed by atoms with Crippen LogP contribution in [0.5, 0.6) is 0 Å². The van der Waals surface area contributed by atoms with Crippen LogP contribution in [0, 0.1) is 5.41 Å². The molecular weight excluding hydrogens is 270 g/mol. The summed E-state index contributed by atoms with van der Waals surface area (Å²) in [6, 6.07) is 0. The van der Waals surface area contributed by atoms with Gasteiger partial charge < -0.3 is 5.11 Å². The molecule has 0 bridgehead atoms. The molecule has 4 nitrogen and oxygen atoms in total. The largest absolute Gasteiger partial charge is 0.389 e. The SMILES string of the molecule is Cn1nnc(Br)c1C1=CC(O)CC(C)(C)C1. The molecule has 1 aromatic rings. The van der Waals surface area contributed by atoms with Crippen LogP contribution in [0.25, 0.3) is 5.57 Å². The van der Waals surface area contributed by atoms with Gasteiger partial charge in [-0.25, -0.2) is 4.68 Å². The van der Waals surface area contributed by atoms with Crippen LogP contribution in [0.15, 0.2) is 10.7 Å². The van der Waals surface area contributed by atoms with Crippen molar-refractivity contribution in [2.75, 3.05) is 0 Å². The van der Waals surface area contributed by atoms with E-state index < -0.39 is 0 Å². The highest BCUT2D eigenvalue weighted by Gasteiger charge is 2.30. The van der Waals surface area contributed by atoms with E-state index in [2.05, 4.69) is 40.1 Å². The third-order valence-electron chi connectivity index (χ3n) is 2.91. The van der Waals surface area contributed by atoms with E-state index in [9.17, 15) is 5.11 Å². The Hall–Kier alpha value is -0.680. The number of allylic oxidation sites excluding steroid dienone is 1. The Morgan fingerprint density at radius 2 is 2.25 bits per heavy atom. The van der Waals surface area contributed by atoms with Gasteiger partial charge in [-0.05, 0) is 39.8 Å². The maximum Gasteiger partial charge on any atom is 0.155 e. The van der Waals surface area contributed by atoms with Gasteiger partial charge in [-0.15, -0.1) is 5.10 Å². The fourth-order valence-electron chi connectivity index (χ4n) is 2.34. The molecule has 2 rings (SSSR count). The van der Waals surface area contributed by atoms with E-state index in [0.717, 1.165) is 28.7 Å². The summed E-state index contributed by atoms with van der Waals surface area (Å²) >= 11 is 3.39. The van der Waals surface area contributed by atoms with E-state index in [1.165, 1.54) is 0 Å². The first-order valence-electron chi connectivity index (χ1n) is 5.33. The topological polar surface area (TPSA) is 50.9 Å². The lowest BCUT2D eigenvalue weighted by atomic mass is 9.75. The van der Waals surface area contributed by atoms with Gasteiger partial charge in [0.15, 0.2) is 4.60 Å². The normalized spacial score (nSPS) is 24.3. The van der Waals surface area contributed by atoms with Crippen LogP contribution in [0.2, 0.25) is 0 Å². The van der Waals surface area contributed by atoms with E-state index in [0.29, 0.717) is 0 Å². The summed E-state index contributed by atoms with van der Waals surface area (Å²) in [5.41, 5.74) is 2.20. The molecule has 1 heterocycles. The van der Waals surface area contributed by atoms with Gasteiger partial charge in [0, 0.05) is 7.05 Å². The lowest BCUT2D eigenvalue weighted by Gasteiger charge is -2.32. The summed E-state index contributed by atoms with van der Waals surface area (Å²) in [4.78, 5) is 0. The summed E-state index contributed by atoms with van der Waals surface area (Å²) in [7, 11) is 1.86. The van der Waals surface area contributed by atoms with Crippen molar-refractivity contribution in [3.8, 4) is 0 Å². The van der Waals surface area contributed by atoms with Crippen LogP contribution in [0.4, 0.5) is 0 Å². The molecule has 1 aliphatic rings.